The number of pyridine rings is 1. The second kappa shape index (κ2) is 3.84. The molecule has 0 bridgehead atoms. The van der Waals surface area contributed by atoms with Crippen LogP contribution in [0.25, 0.3) is 11.2 Å². The average molecular weight is 227 g/mol. The van der Waals surface area contributed by atoms with Crippen molar-refractivity contribution >= 4 is 17.1 Å². The van der Waals surface area contributed by atoms with Gasteiger partial charge in [0.1, 0.15) is 0 Å². The second-order valence-electron chi connectivity index (χ2n) is 2.98. The Hall–Kier alpha value is -2.05. The van der Waals surface area contributed by atoms with Crippen LogP contribution in [-0.2, 0) is 4.74 Å². The van der Waals surface area contributed by atoms with Crippen LogP contribution >= 0.6 is 0 Å². The lowest BCUT2D eigenvalue weighted by molar-refractivity contribution is 0.0588. The van der Waals surface area contributed by atoms with Crippen LogP contribution in [0.4, 0.5) is 8.78 Å². The summed E-state index contributed by atoms with van der Waals surface area (Å²) in [5.74, 6) is -0.865. The van der Waals surface area contributed by atoms with Gasteiger partial charge in [0.15, 0.2) is 5.65 Å². The number of aromatic nitrogens is 3. The first-order valence-electron chi connectivity index (χ1n) is 4.34. The molecule has 2 rings (SSSR count). The number of hydrogen-bond acceptors (Lipinski definition) is 4. The maximum Gasteiger partial charge on any atom is 0.374 e. The molecule has 2 heterocycles. The average Bonchev–Trinajstić information content (AvgIpc) is 2.70. The lowest BCUT2D eigenvalue weighted by atomic mass is 10.2. The molecule has 0 aliphatic heterocycles. The van der Waals surface area contributed by atoms with Crippen molar-refractivity contribution in [3.05, 3.63) is 23.7 Å². The predicted molar refractivity (Wildman–Crippen MR) is 50.2 cm³/mol. The van der Waals surface area contributed by atoms with Crippen LogP contribution in [0.2, 0.25) is 0 Å². The SMILES string of the molecule is COC(=O)c1nc2nccc(C(F)F)c2[nH]1. The summed E-state index contributed by atoms with van der Waals surface area (Å²) >= 11 is 0. The van der Waals surface area contributed by atoms with Gasteiger partial charge in [-0.15, -0.1) is 0 Å². The Labute approximate surface area is 88.5 Å². The highest BCUT2D eigenvalue weighted by atomic mass is 19.3. The van der Waals surface area contributed by atoms with Gasteiger partial charge in [-0.1, -0.05) is 0 Å². The third-order valence-electron chi connectivity index (χ3n) is 2.04. The van der Waals surface area contributed by atoms with E-state index in [9.17, 15) is 13.6 Å². The smallest absolute Gasteiger partial charge is 0.374 e. The number of nitrogens with zero attached hydrogens (tertiary/aromatic N) is 2. The summed E-state index contributed by atoms with van der Waals surface area (Å²) in [6, 6.07) is 1.17. The molecule has 0 aromatic carbocycles. The number of esters is 1. The summed E-state index contributed by atoms with van der Waals surface area (Å²) in [7, 11) is 1.18. The molecule has 16 heavy (non-hydrogen) atoms. The maximum atomic E-state index is 12.6. The molecule has 0 atom stereocenters. The van der Waals surface area contributed by atoms with Crippen molar-refractivity contribution in [1.82, 2.24) is 15.0 Å². The standard InChI is InChI=1S/C9H7F2N3O2/c1-16-9(15)8-13-5-4(6(10)11)2-3-12-7(5)14-8/h2-3,6H,1H3,(H,12,13,14). The zero-order valence-electron chi connectivity index (χ0n) is 8.20. The molecule has 2 aromatic heterocycles. The van der Waals surface area contributed by atoms with Crippen LogP contribution in [0.5, 0.6) is 0 Å². The fraction of sp³-hybridized carbons (Fsp3) is 0.222. The molecule has 0 amide bonds. The molecule has 0 saturated heterocycles. The van der Waals surface area contributed by atoms with E-state index in [0.717, 1.165) is 0 Å². The van der Waals surface area contributed by atoms with Gasteiger partial charge in [0.2, 0.25) is 5.82 Å². The highest BCUT2D eigenvalue weighted by molar-refractivity contribution is 5.89. The summed E-state index contributed by atoms with van der Waals surface area (Å²) in [5.41, 5.74) is -0.122. The normalized spacial score (nSPS) is 11.0. The van der Waals surface area contributed by atoms with E-state index in [1.807, 2.05) is 0 Å². The van der Waals surface area contributed by atoms with E-state index in [0.29, 0.717) is 0 Å². The molecule has 0 aliphatic rings. The van der Waals surface area contributed by atoms with Gasteiger partial charge in [-0.3, -0.25) is 0 Å². The van der Waals surface area contributed by atoms with Crippen LogP contribution in [-0.4, -0.2) is 28.0 Å². The Kier molecular flexibility index (Phi) is 2.51. The van der Waals surface area contributed by atoms with Crippen LogP contribution in [0.1, 0.15) is 22.6 Å². The summed E-state index contributed by atoms with van der Waals surface area (Å²) in [6.07, 6.45) is -1.44. The topological polar surface area (TPSA) is 67.9 Å². The van der Waals surface area contributed by atoms with E-state index in [-0.39, 0.29) is 22.6 Å². The molecule has 0 spiro atoms. The number of rotatable bonds is 2. The van der Waals surface area contributed by atoms with Gasteiger partial charge in [0.05, 0.1) is 12.6 Å². The number of aromatic amines is 1. The minimum atomic E-state index is -2.66. The largest absolute Gasteiger partial charge is 0.463 e. The molecule has 1 N–H and O–H groups in total. The molecule has 5 nitrogen and oxygen atoms in total. The van der Waals surface area contributed by atoms with Crippen molar-refractivity contribution in [2.24, 2.45) is 0 Å². The van der Waals surface area contributed by atoms with Crippen LogP contribution in [0, 0.1) is 0 Å². The number of alkyl halides is 2. The molecule has 2 aromatic rings. The summed E-state index contributed by atoms with van der Waals surface area (Å²) < 4.78 is 29.6. The van der Waals surface area contributed by atoms with Crippen LogP contribution in [0.3, 0.4) is 0 Å². The van der Waals surface area contributed by atoms with Crippen molar-refractivity contribution in [1.29, 1.82) is 0 Å². The zero-order valence-corrected chi connectivity index (χ0v) is 8.20. The number of carbonyl (C=O) groups is 1. The molecule has 0 saturated carbocycles. The van der Waals surface area contributed by atoms with E-state index >= 15 is 0 Å². The third kappa shape index (κ3) is 1.60. The molecule has 7 heteroatoms. The van der Waals surface area contributed by atoms with E-state index in [2.05, 4.69) is 19.7 Å². The van der Waals surface area contributed by atoms with Crippen molar-refractivity contribution in [3.63, 3.8) is 0 Å². The third-order valence-corrected chi connectivity index (χ3v) is 2.04. The quantitative estimate of drug-likeness (QED) is 0.792. The van der Waals surface area contributed by atoms with E-state index in [1.165, 1.54) is 19.4 Å². The number of imidazole rings is 1. The molecule has 0 unspecified atom stereocenters. The number of hydrogen-bond donors (Lipinski definition) is 1. The van der Waals surface area contributed by atoms with Crippen molar-refractivity contribution < 1.29 is 18.3 Å². The molecule has 0 aliphatic carbocycles. The van der Waals surface area contributed by atoms with Gasteiger partial charge in [-0.25, -0.2) is 23.5 Å². The molecular formula is C9H7F2N3O2. The monoisotopic (exact) mass is 227 g/mol. The minimum absolute atomic E-state index is 0.0536. The number of fused-ring (bicyclic) bond motifs is 1. The Balaban J connectivity index is 2.61. The van der Waals surface area contributed by atoms with Crippen LogP contribution in [0.15, 0.2) is 12.3 Å². The van der Waals surface area contributed by atoms with Gasteiger partial charge in [-0.05, 0) is 6.07 Å². The van der Waals surface area contributed by atoms with Crippen molar-refractivity contribution in [2.75, 3.05) is 7.11 Å². The Morgan fingerprint density at radius 2 is 2.31 bits per heavy atom. The Morgan fingerprint density at radius 1 is 1.56 bits per heavy atom. The number of nitrogens with one attached hydrogen (secondary N) is 1. The predicted octanol–water partition coefficient (Wildman–Crippen LogP) is 1.68. The fourth-order valence-electron chi connectivity index (χ4n) is 1.31. The fourth-order valence-corrected chi connectivity index (χ4v) is 1.31. The van der Waals surface area contributed by atoms with Crippen molar-refractivity contribution in [2.45, 2.75) is 6.43 Å². The van der Waals surface area contributed by atoms with Gasteiger partial charge in [0.25, 0.3) is 6.43 Å². The lowest BCUT2D eigenvalue weighted by Crippen LogP contribution is -2.03. The first kappa shape index (κ1) is 10.5. The van der Waals surface area contributed by atoms with E-state index < -0.39 is 12.4 Å². The first-order valence-corrected chi connectivity index (χ1v) is 4.34. The van der Waals surface area contributed by atoms with Crippen molar-refractivity contribution in [3.8, 4) is 0 Å². The zero-order chi connectivity index (χ0) is 11.7. The molecular weight excluding hydrogens is 220 g/mol. The first-order chi connectivity index (χ1) is 7.63. The second-order valence-corrected chi connectivity index (χ2v) is 2.98. The van der Waals surface area contributed by atoms with Gasteiger partial charge >= 0.3 is 5.97 Å². The summed E-state index contributed by atoms with van der Waals surface area (Å²) in [4.78, 5) is 21.1. The van der Waals surface area contributed by atoms with Gasteiger partial charge in [0, 0.05) is 11.8 Å². The number of ether oxygens (including phenoxy) is 1. The van der Waals surface area contributed by atoms with E-state index in [4.69, 9.17) is 0 Å². The number of halogens is 2. The summed E-state index contributed by atoms with van der Waals surface area (Å²) in [6.45, 7) is 0. The Morgan fingerprint density at radius 3 is 2.94 bits per heavy atom. The van der Waals surface area contributed by atoms with Gasteiger partial charge < -0.3 is 9.72 Å². The molecule has 84 valence electrons. The minimum Gasteiger partial charge on any atom is -0.463 e. The maximum absolute atomic E-state index is 12.6. The Bertz CT molecular complexity index is 539. The molecule has 0 radical (unpaired) electrons. The number of methoxy groups -OCH3 is 1. The lowest BCUT2D eigenvalue weighted by Gasteiger charge is -1.98. The van der Waals surface area contributed by atoms with Crippen LogP contribution < -0.4 is 0 Å². The van der Waals surface area contributed by atoms with E-state index in [1.54, 1.807) is 0 Å². The van der Waals surface area contributed by atoms with Gasteiger partial charge in [-0.2, -0.15) is 0 Å². The number of H-pyrrole nitrogens is 1. The highest BCUT2D eigenvalue weighted by Crippen LogP contribution is 2.24. The number of carbonyl (C=O) groups excluding carboxylic acids is 1. The summed E-state index contributed by atoms with van der Waals surface area (Å²) in [5, 5.41) is 0. The molecule has 0 fully saturated rings. The highest BCUT2D eigenvalue weighted by Gasteiger charge is 2.18.